The maximum Gasteiger partial charge on any atom is 0.451 e. The Morgan fingerprint density at radius 1 is 1.26 bits per heavy atom. The molecule has 2 aliphatic rings. The van der Waals surface area contributed by atoms with E-state index in [9.17, 15) is 22.4 Å². The molecule has 144 valence electrons. The SMILES string of the molecule is CN1C[C@H]2CN(C(=O)c3n[nH]c(C(F)(F)F)n3)C[C@H]2[C@@H]1c1cccc(F)c1. The first-order valence-corrected chi connectivity index (χ1v) is 8.48. The van der Waals surface area contributed by atoms with Crippen molar-refractivity contribution in [3.05, 3.63) is 47.3 Å². The number of nitrogens with zero attached hydrogens (tertiary/aromatic N) is 4. The Balaban J connectivity index is 1.53. The van der Waals surface area contributed by atoms with Crippen molar-refractivity contribution < 1.29 is 22.4 Å². The summed E-state index contributed by atoms with van der Waals surface area (Å²) in [5.74, 6) is -2.50. The molecule has 0 bridgehead atoms. The van der Waals surface area contributed by atoms with Crippen molar-refractivity contribution in [3.63, 3.8) is 0 Å². The van der Waals surface area contributed by atoms with Crippen molar-refractivity contribution in [1.82, 2.24) is 25.0 Å². The molecule has 2 fully saturated rings. The molecule has 1 aromatic heterocycles. The molecule has 2 aliphatic heterocycles. The maximum absolute atomic E-state index is 13.6. The molecule has 2 aromatic rings. The fraction of sp³-hybridized carbons (Fsp3) is 0.471. The number of amides is 1. The van der Waals surface area contributed by atoms with Crippen molar-refractivity contribution in [3.8, 4) is 0 Å². The molecule has 10 heteroatoms. The molecule has 0 spiro atoms. The molecule has 0 unspecified atom stereocenters. The van der Waals surface area contributed by atoms with Gasteiger partial charge >= 0.3 is 6.18 Å². The Hall–Kier alpha value is -2.49. The van der Waals surface area contributed by atoms with Gasteiger partial charge in [-0.2, -0.15) is 18.2 Å². The fourth-order valence-corrected chi connectivity index (χ4v) is 4.24. The third-order valence-corrected chi connectivity index (χ3v) is 5.32. The Morgan fingerprint density at radius 2 is 2.04 bits per heavy atom. The van der Waals surface area contributed by atoms with Crippen LogP contribution in [0.15, 0.2) is 24.3 Å². The van der Waals surface area contributed by atoms with Gasteiger partial charge in [-0.05, 0) is 30.7 Å². The standard InChI is InChI=1S/C17H17F4N5O/c1-25-6-10-7-26(15(27)14-22-16(24-23-14)17(19,20)21)8-12(10)13(25)9-3-2-4-11(18)5-9/h2-5,10,12-13H,6-8H2,1H3,(H,22,23,24)/t10-,12+,13-/m0/s1. The Labute approximate surface area is 152 Å². The fourth-order valence-electron chi connectivity index (χ4n) is 4.24. The average Bonchev–Trinajstić information content (AvgIpc) is 3.27. The van der Waals surface area contributed by atoms with Gasteiger partial charge in [-0.15, -0.1) is 5.10 Å². The van der Waals surface area contributed by atoms with Crippen molar-refractivity contribution >= 4 is 5.91 Å². The molecule has 6 nitrogen and oxygen atoms in total. The van der Waals surface area contributed by atoms with Crippen LogP contribution in [0.4, 0.5) is 17.6 Å². The second-order valence-electron chi connectivity index (χ2n) is 7.08. The molecule has 1 aromatic carbocycles. The lowest BCUT2D eigenvalue weighted by atomic mass is 9.89. The lowest BCUT2D eigenvalue weighted by molar-refractivity contribution is -0.144. The predicted octanol–water partition coefficient (Wildman–Crippen LogP) is 2.34. The minimum atomic E-state index is -4.68. The van der Waals surface area contributed by atoms with Crippen LogP contribution < -0.4 is 0 Å². The second kappa shape index (κ2) is 6.29. The average molecular weight is 383 g/mol. The van der Waals surface area contributed by atoms with E-state index >= 15 is 0 Å². The molecule has 0 radical (unpaired) electrons. The molecule has 0 saturated carbocycles. The number of benzene rings is 1. The zero-order chi connectivity index (χ0) is 19.3. The lowest BCUT2D eigenvalue weighted by Crippen LogP contribution is -2.34. The highest BCUT2D eigenvalue weighted by molar-refractivity contribution is 5.90. The normalized spacial score (nSPS) is 25.8. The van der Waals surface area contributed by atoms with E-state index in [-0.39, 0.29) is 23.7 Å². The van der Waals surface area contributed by atoms with Crippen molar-refractivity contribution in [2.45, 2.75) is 12.2 Å². The molecular formula is C17H17F4N5O. The molecule has 3 atom stereocenters. The van der Waals surface area contributed by atoms with E-state index in [0.29, 0.717) is 13.1 Å². The van der Waals surface area contributed by atoms with Crippen LogP contribution in [0.1, 0.15) is 28.0 Å². The summed E-state index contributed by atoms with van der Waals surface area (Å²) in [6, 6.07) is 6.31. The highest BCUT2D eigenvalue weighted by atomic mass is 19.4. The number of nitrogens with one attached hydrogen (secondary N) is 1. The second-order valence-corrected chi connectivity index (χ2v) is 7.08. The van der Waals surface area contributed by atoms with E-state index < -0.39 is 23.7 Å². The van der Waals surface area contributed by atoms with Crippen molar-refractivity contribution in [2.24, 2.45) is 11.8 Å². The molecule has 1 amide bonds. The van der Waals surface area contributed by atoms with Gasteiger partial charge in [0.15, 0.2) is 0 Å². The van der Waals surface area contributed by atoms with E-state index in [0.717, 1.165) is 12.1 Å². The number of fused-ring (bicyclic) bond motifs is 1. The summed E-state index contributed by atoms with van der Waals surface area (Å²) in [4.78, 5) is 19.4. The van der Waals surface area contributed by atoms with E-state index in [1.165, 1.54) is 17.0 Å². The number of aromatic amines is 1. The first-order chi connectivity index (χ1) is 12.7. The van der Waals surface area contributed by atoms with Gasteiger partial charge in [0.1, 0.15) is 5.82 Å². The van der Waals surface area contributed by atoms with Gasteiger partial charge in [-0.25, -0.2) is 4.39 Å². The zero-order valence-corrected chi connectivity index (χ0v) is 14.4. The smallest absolute Gasteiger partial charge is 0.335 e. The number of hydrogen-bond donors (Lipinski definition) is 1. The van der Waals surface area contributed by atoms with Crippen LogP contribution in [0.3, 0.4) is 0 Å². The van der Waals surface area contributed by atoms with E-state index in [1.807, 2.05) is 13.1 Å². The highest BCUT2D eigenvalue weighted by Crippen LogP contribution is 2.44. The summed E-state index contributed by atoms with van der Waals surface area (Å²) in [5, 5.41) is 5.18. The maximum atomic E-state index is 13.6. The highest BCUT2D eigenvalue weighted by Gasteiger charge is 2.48. The molecule has 3 heterocycles. The summed E-state index contributed by atoms with van der Waals surface area (Å²) >= 11 is 0. The lowest BCUT2D eigenvalue weighted by Gasteiger charge is -2.26. The van der Waals surface area contributed by atoms with Gasteiger partial charge in [0.05, 0.1) is 0 Å². The van der Waals surface area contributed by atoms with Crippen LogP contribution in [0.2, 0.25) is 0 Å². The molecule has 4 rings (SSSR count). The third kappa shape index (κ3) is 3.18. The number of carbonyl (C=O) groups excluding carboxylic acids is 1. The Bertz CT molecular complexity index is 867. The Morgan fingerprint density at radius 3 is 2.70 bits per heavy atom. The van der Waals surface area contributed by atoms with Crippen LogP contribution >= 0.6 is 0 Å². The number of hydrogen-bond acceptors (Lipinski definition) is 4. The number of carbonyl (C=O) groups is 1. The Kier molecular flexibility index (Phi) is 4.17. The molecule has 27 heavy (non-hydrogen) atoms. The first-order valence-electron chi connectivity index (χ1n) is 8.48. The monoisotopic (exact) mass is 383 g/mol. The summed E-state index contributed by atoms with van der Waals surface area (Å²) in [5.41, 5.74) is 0.830. The molecule has 2 saturated heterocycles. The van der Waals surface area contributed by atoms with Gasteiger partial charge in [0.2, 0.25) is 11.6 Å². The van der Waals surface area contributed by atoms with Crippen molar-refractivity contribution in [2.75, 3.05) is 26.7 Å². The number of H-pyrrole nitrogens is 1. The van der Waals surface area contributed by atoms with Crippen LogP contribution in [0.25, 0.3) is 0 Å². The van der Waals surface area contributed by atoms with Crippen LogP contribution in [0, 0.1) is 17.7 Å². The quantitative estimate of drug-likeness (QED) is 0.809. The number of likely N-dealkylation sites (tertiary alicyclic amines) is 2. The topological polar surface area (TPSA) is 65.1 Å². The van der Waals surface area contributed by atoms with E-state index in [2.05, 4.69) is 15.0 Å². The van der Waals surface area contributed by atoms with E-state index in [4.69, 9.17) is 0 Å². The minimum Gasteiger partial charge on any atom is -0.335 e. The molecular weight excluding hydrogens is 366 g/mol. The van der Waals surface area contributed by atoms with Gasteiger partial charge in [0.25, 0.3) is 5.91 Å². The third-order valence-electron chi connectivity index (χ3n) is 5.32. The summed E-state index contributed by atoms with van der Waals surface area (Å²) < 4.78 is 51.6. The summed E-state index contributed by atoms with van der Waals surface area (Å²) in [7, 11) is 1.95. The van der Waals surface area contributed by atoms with Crippen LogP contribution in [-0.4, -0.2) is 57.6 Å². The number of alkyl halides is 3. The predicted molar refractivity (Wildman–Crippen MR) is 86.0 cm³/mol. The number of halogens is 4. The largest absolute Gasteiger partial charge is 0.451 e. The van der Waals surface area contributed by atoms with Gasteiger partial charge < -0.3 is 4.90 Å². The van der Waals surface area contributed by atoms with Crippen molar-refractivity contribution in [1.29, 1.82) is 0 Å². The van der Waals surface area contributed by atoms with E-state index in [1.54, 1.807) is 11.2 Å². The number of aromatic nitrogens is 3. The molecule has 1 N–H and O–H groups in total. The zero-order valence-electron chi connectivity index (χ0n) is 14.4. The minimum absolute atomic E-state index is 0.0543. The first kappa shape index (κ1) is 17.9. The number of rotatable bonds is 2. The van der Waals surface area contributed by atoms with Gasteiger partial charge in [-0.3, -0.25) is 14.8 Å². The summed E-state index contributed by atoms with van der Waals surface area (Å²) in [6.07, 6.45) is -4.68. The summed E-state index contributed by atoms with van der Waals surface area (Å²) in [6.45, 7) is 1.50. The van der Waals surface area contributed by atoms with Crippen LogP contribution in [0.5, 0.6) is 0 Å². The molecule has 0 aliphatic carbocycles. The van der Waals surface area contributed by atoms with Gasteiger partial charge in [0, 0.05) is 31.6 Å². The van der Waals surface area contributed by atoms with Gasteiger partial charge in [-0.1, -0.05) is 12.1 Å². The van der Waals surface area contributed by atoms with Crippen LogP contribution in [-0.2, 0) is 6.18 Å².